The molecule has 0 heterocycles. The van der Waals surface area contributed by atoms with Crippen LogP contribution in [0.2, 0.25) is 0 Å². The maximum Gasteiger partial charge on any atom is 0.0594 e. The van der Waals surface area contributed by atoms with Gasteiger partial charge in [-0.05, 0) is 103 Å². The van der Waals surface area contributed by atoms with Crippen LogP contribution in [0.4, 0.5) is 0 Å². The quantitative estimate of drug-likeness (QED) is 0.449. The molecule has 0 radical (unpaired) electrons. The Kier molecular flexibility index (Phi) is 5.90. The largest absolute Gasteiger partial charge is 0.393 e. The number of allylic oxidation sites excluding steroid dienone is 4. The van der Waals surface area contributed by atoms with Gasteiger partial charge in [0.2, 0.25) is 0 Å². The van der Waals surface area contributed by atoms with Crippen LogP contribution in [-0.4, -0.2) is 11.2 Å². The summed E-state index contributed by atoms with van der Waals surface area (Å²) in [5, 5.41) is 10.8. The lowest BCUT2D eigenvalue weighted by atomic mass is 9.41. The zero-order chi connectivity index (χ0) is 22.8. The van der Waals surface area contributed by atoms with Gasteiger partial charge < -0.3 is 5.11 Å². The number of hydrogen-bond acceptors (Lipinski definition) is 1. The summed E-state index contributed by atoms with van der Waals surface area (Å²) in [7, 11) is 0. The molecular formula is C30H50O. The lowest BCUT2D eigenvalue weighted by Gasteiger charge is -2.64. The third-order valence-electron chi connectivity index (χ3n) is 11.6. The summed E-state index contributed by atoms with van der Waals surface area (Å²) in [6.07, 6.45) is 17.6. The summed E-state index contributed by atoms with van der Waals surface area (Å²) in [5.41, 5.74) is 2.99. The highest BCUT2D eigenvalue weighted by molar-refractivity contribution is 5.33. The zero-order valence-corrected chi connectivity index (χ0v) is 21.8. The summed E-state index contributed by atoms with van der Waals surface area (Å²) in [6.45, 7) is 19.7. The second kappa shape index (κ2) is 7.75. The summed E-state index contributed by atoms with van der Waals surface area (Å²) < 4.78 is 0. The van der Waals surface area contributed by atoms with Crippen LogP contribution >= 0.6 is 0 Å². The van der Waals surface area contributed by atoms with Crippen LogP contribution < -0.4 is 0 Å². The molecule has 0 bridgehead atoms. The van der Waals surface area contributed by atoms with Crippen molar-refractivity contribution in [3.8, 4) is 0 Å². The van der Waals surface area contributed by atoms with E-state index in [1.165, 1.54) is 44.9 Å². The zero-order valence-electron chi connectivity index (χ0n) is 21.8. The van der Waals surface area contributed by atoms with E-state index in [9.17, 15) is 5.11 Å². The molecule has 4 aliphatic rings. The van der Waals surface area contributed by atoms with Crippen molar-refractivity contribution < 1.29 is 5.11 Å². The van der Waals surface area contributed by atoms with Gasteiger partial charge in [0.05, 0.1) is 6.10 Å². The fraction of sp³-hybridized carbons (Fsp3) is 0.867. The normalized spacial score (nSPS) is 47.6. The van der Waals surface area contributed by atoms with Crippen molar-refractivity contribution >= 4 is 0 Å². The van der Waals surface area contributed by atoms with Crippen LogP contribution in [0.15, 0.2) is 23.8 Å². The molecule has 0 aromatic heterocycles. The number of fused-ring (bicyclic) bond motifs is 5. The van der Waals surface area contributed by atoms with E-state index >= 15 is 0 Å². The molecule has 0 amide bonds. The summed E-state index contributed by atoms with van der Waals surface area (Å²) in [5.74, 6) is 3.57. The Balaban J connectivity index is 1.64. The van der Waals surface area contributed by atoms with E-state index in [2.05, 4.69) is 73.6 Å². The third kappa shape index (κ3) is 3.34. The van der Waals surface area contributed by atoms with Crippen LogP contribution in [0.5, 0.6) is 0 Å². The minimum atomic E-state index is -0.140. The lowest BCUT2D eigenvalue weighted by molar-refractivity contribution is -0.131. The highest BCUT2D eigenvalue weighted by Gasteiger charge is 2.65. The van der Waals surface area contributed by atoms with Gasteiger partial charge in [-0.1, -0.05) is 79.2 Å². The molecule has 8 atom stereocenters. The van der Waals surface area contributed by atoms with Crippen molar-refractivity contribution in [2.45, 2.75) is 113 Å². The van der Waals surface area contributed by atoms with Gasteiger partial charge in [-0.25, -0.2) is 0 Å². The van der Waals surface area contributed by atoms with Gasteiger partial charge in [-0.15, -0.1) is 0 Å². The molecule has 0 aliphatic heterocycles. The number of aliphatic hydroxyl groups excluding tert-OH is 1. The smallest absolute Gasteiger partial charge is 0.0594 e. The average molecular weight is 427 g/mol. The topological polar surface area (TPSA) is 20.2 Å². The predicted octanol–water partition coefficient (Wildman–Crippen LogP) is 8.19. The Bertz CT molecular complexity index is 744. The first-order chi connectivity index (χ1) is 14.4. The van der Waals surface area contributed by atoms with Crippen molar-refractivity contribution in [2.24, 2.45) is 51.2 Å². The molecule has 4 aliphatic carbocycles. The Hall–Kier alpha value is -0.560. The first-order valence-electron chi connectivity index (χ1n) is 13.4. The summed E-state index contributed by atoms with van der Waals surface area (Å²) >= 11 is 0. The average Bonchev–Trinajstić information content (AvgIpc) is 2.96. The van der Waals surface area contributed by atoms with E-state index in [0.29, 0.717) is 28.1 Å². The van der Waals surface area contributed by atoms with Gasteiger partial charge in [0, 0.05) is 0 Å². The van der Waals surface area contributed by atoms with Gasteiger partial charge >= 0.3 is 0 Å². The van der Waals surface area contributed by atoms with Crippen molar-refractivity contribution in [1.82, 2.24) is 0 Å². The van der Waals surface area contributed by atoms with E-state index in [0.717, 1.165) is 24.2 Å². The standard InChI is InChI=1S/C30H50O/c1-20(2)10-9-11-21(3)22-14-18-30(8)24-12-13-25-27(4,5)26(31)16-17-28(25,6)23(24)15-19-29(22,30)7/h9,11-12,20-23,25-26,31H,10,13-19H2,1-8H3/t21-,22-,23+,25+,26+,28-,29-,30+/m1/s1. The number of hydrogen-bond donors (Lipinski definition) is 1. The fourth-order valence-electron chi connectivity index (χ4n) is 9.28. The molecule has 0 saturated heterocycles. The van der Waals surface area contributed by atoms with Crippen LogP contribution in [0.25, 0.3) is 0 Å². The summed E-state index contributed by atoms with van der Waals surface area (Å²) in [4.78, 5) is 0. The van der Waals surface area contributed by atoms with E-state index in [-0.39, 0.29) is 11.5 Å². The molecule has 3 saturated carbocycles. The monoisotopic (exact) mass is 426 g/mol. The second-order valence-corrected chi connectivity index (χ2v) is 13.7. The lowest BCUT2D eigenvalue weighted by Crippen LogP contribution is -2.58. The van der Waals surface area contributed by atoms with Crippen molar-refractivity contribution in [3.05, 3.63) is 23.8 Å². The molecule has 4 rings (SSSR count). The van der Waals surface area contributed by atoms with Crippen LogP contribution in [0, 0.1) is 51.2 Å². The Morgan fingerprint density at radius 3 is 2.39 bits per heavy atom. The van der Waals surface area contributed by atoms with Crippen LogP contribution in [0.3, 0.4) is 0 Å². The Labute approximate surface area is 193 Å². The summed E-state index contributed by atoms with van der Waals surface area (Å²) in [6, 6.07) is 0. The Morgan fingerprint density at radius 1 is 1.00 bits per heavy atom. The van der Waals surface area contributed by atoms with Crippen LogP contribution in [-0.2, 0) is 0 Å². The third-order valence-corrected chi connectivity index (χ3v) is 11.6. The second-order valence-electron chi connectivity index (χ2n) is 13.7. The van der Waals surface area contributed by atoms with Crippen molar-refractivity contribution in [3.63, 3.8) is 0 Å². The molecule has 1 N–H and O–H groups in total. The van der Waals surface area contributed by atoms with E-state index in [1.807, 2.05) is 5.57 Å². The van der Waals surface area contributed by atoms with Crippen molar-refractivity contribution in [2.75, 3.05) is 0 Å². The highest BCUT2D eigenvalue weighted by atomic mass is 16.3. The highest BCUT2D eigenvalue weighted by Crippen LogP contribution is 2.73. The Morgan fingerprint density at radius 2 is 1.71 bits per heavy atom. The molecule has 1 heteroatoms. The van der Waals surface area contributed by atoms with E-state index < -0.39 is 0 Å². The van der Waals surface area contributed by atoms with E-state index in [4.69, 9.17) is 0 Å². The van der Waals surface area contributed by atoms with Gasteiger partial charge in [0.25, 0.3) is 0 Å². The molecule has 0 aromatic carbocycles. The maximum absolute atomic E-state index is 10.8. The van der Waals surface area contributed by atoms with Crippen LogP contribution in [0.1, 0.15) is 107 Å². The molecular weight excluding hydrogens is 376 g/mol. The molecule has 3 fully saturated rings. The first-order valence-corrected chi connectivity index (χ1v) is 13.4. The molecule has 176 valence electrons. The molecule has 1 nitrogen and oxygen atoms in total. The fourth-order valence-corrected chi connectivity index (χ4v) is 9.28. The van der Waals surface area contributed by atoms with Gasteiger partial charge in [0.15, 0.2) is 0 Å². The van der Waals surface area contributed by atoms with E-state index in [1.54, 1.807) is 0 Å². The molecule has 0 aromatic rings. The molecule has 0 unspecified atom stereocenters. The minimum Gasteiger partial charge on any atom is -0.393 e. The van der Waals surface area contributed by atoms with Gasteiger partial charge in [-0.2, -0.15) is 0 Å². The number of rotatable bonds is 4. The van der Waals surface area contributed by atoms with Gasteiger partial charge in [-0.3, -0.25) is 0 Å². The first kappa shape index (κ1) is 23.6. The molecule has 31 heavy (non-hydrogen) atoms. The van der Waals surface area contributed by atoms with Gasteiger partial charge in [0.1, 0.15) is 0 Å². The maximum atomic E-state index is 10.8. The minimum absolute atomic E-state index is 0.0324. The molecule has 0 spiro atoms. The SMILES string of the molecule is CC(C)CC=C[C@@H](C)[C@H]1CC[C@@]2(C)C3=CC[C@H]4C(C)(C)[C@@H](O)CC[C@]4(C)[C@H]3CC[C@]12C. The van der Waals surface area contributed by atoms with Crippen molar-refractivity contribution in [1.29, 1.82) is 0 Å². The number of aliphatic hydroxyl groups is 1. The predicted molar refractivity (Wildman–Crippen MR) is 133 cm³/mol.